The van der Waals surface area contributed by atoms with Crippen molar-refractivity contribution in [3.8, 4) is 0 Å². The average molecular weight is 255 g/mol. The van der Waals surface area contributed by atoms with Crippen molar-refractivity contribution in [3.63, 3.8) is 0 Å². The molecule has 0 radical (unpaired) electrons. The van der Waals surface area contributed by atoms with Gasteiger partial charge in [0, 0.05) is 5.41 Å². The Kier molecular flexibility index (Phi) is 3.90. The molecule has 2 aliphatic rings. The molecule has 5 nitrogen and oxygen atoms in total. The van der Waals surface area contributed by atoms with Crippen LogP contribution < -0.4 is 5.32 Å². The number of carboxylic acids is 1. The number of amides is 1. The second-order valence-corrected chi connectivity index (χ2v) is 5.68. The Balaban J connectivity index is 1.96. The van der Waals surface area contributed by atoms with Gasteiger partial charge in [0.25, 0.3) is 0 Å². The zero-order chi connectivity index (χ0) is 13.2. The molecule has 0 aromatic heterocycles. The third kappa shape index (κ3) is 2.66. The van der Waals surface area contributed by atoms with Crippen LogP contribution in [0.2, 0.25) is 0 Å². The Bertz CT molecular complexity index is 336. The molecular formula is C13H21NO4. The summed E-state index contributed by atoms with van der Waals surface area (Å²) in [6.45, 7) is 2.48. The van der Waals surface area contributed by atoms with Crippen molar-refractivity contribution in [2.75, 3.05) is 13.2 Å². The van der Waals surface area contributed by atoms with Crippen molar-refractivity contribution >= 4 is 11.9 Å². The molecule has 2 fully saturated rings. The average Bonchev–Trinajstić information content (AvgIpc) is 2.78. The first-order valence-electron chi connectivity index (χ1n) is 6.64. The van der Waals surface area contributed by atoms with Crippen molar-refractivity contribution in [1.82, 2.24) is 5.32 Å². The number of carbonyl (C=O) groups excluding carboxylic acids is 1. The number of hydrogen-bond acceptors (Lipinski definition) is 3. The van der Waals surface area contributed by atoms with E-state index >= 15 is 0 Å². The molecule has 18 heavy (non-hydrogen) atoms. The van der Waals surface area contributed by atoms with Crippen LogP contribution in [0, 0.1) is 11.3 Å². The van der Waals surface area contributed by atoms with Gasteiger partial charge in [-0.2, -0.15) is 0 Å². The third-order valence-electron chi connectivity index (χ3n) is 4.22. The number of hydrogen-bond donors (Lipinski definition) is 2. The van der Waals surface area contributed by atoms with Crippen LogP contribution in [0.3, 0.4) is 0 Å². The summed E-state index contributed by atoms with van der Waals surface area (Å²) in [5.74, 6) is -1.52. The predicted octanol–water partition coefficient (Wildman–Crippen LogP) is 1.17. The van der Waals surface area contributed by atoms with Crippen LogP contribution in [0.25, 0.3) is 0 Å². The van der Waals surface area contributed by atoms with E-state index in [1.807, 2.05) is 6.92 Å². The van der Waals surface area contributed by atoms with Crippen molar-refractivity contribution in [2.45, 2.75) is 45.1 Å². The van der Waals surface area contributed by atoms with E-state index in [4.69, 9.17) is 9.84 Å². The van der Waals surface area contributed by atoms with Gasteiger partial charge in [0.15, 0.2) is 0 Å². The highest BCUT2D eigenvalue weighted by atomic mass is 16.5. The molecule has 102 valence electrons. The van der Waals surface area contributed by atoms with Gasteiger partial charge in [0.2, 0.25) is 5.91 Å². The quantitative estimate of drug-likeness (QED) is 0.794. The van der Waals surface area contributed by atoms with E-state index < -0.39 is 11.9 Å². The Labute approximate surface area is 107 Å². The molecule has 1 saturated heterocycles. The summed E-state index contributed by atoms with van der Waals surface area (Å²) in [6, 6.07) is -0.381. The lowest BCUT2D eigenvalue weighted by Crippen LogP contribution is -2.49. The fourth-order valence-corrected chi connectivity index (χ4v) is 2.84. The molecule has 0 spiro atoms. The number of carboxylic acid groups (broad SMARTS) is 1. The molecule has 1 heterocycles. The lowest BCUT2D eigenvalue weighted by Gasteiger charge is -2.33. The smallest absolute Gasteiger partial charge is 0.311 e. The zero-order valence-electron chi connectivity index (χ0n) is 10.8. The minimum atomic E-state index is -0.897. The summed E-state index contributed by atoms with van der Waals surface area (Å²) in [6.07, 6.45) is 5.13. The van der Waals surface area contributed by atoms with E-state index in [1.54, 1.807) is 0 Å². The fourth-order valence-electron chi connectivity index (χ4n) is 2.84. The minimum Gasteiger partial charge on any atom is -0.481 e. The van der Waals surface area contributed by atoms with E-state index in [1.165, 1.54) is 6.42 Å². The molecule has 2 N–H and O–H groups in total. The Morgan fingerprint density at radius 3 is 2.50 bits per heavy atom. The molecule has 0 aromatic carbocycles. The first kappa shape index (κ1) is 13.3. The second kappa shape index (κ2) is 5.26. The van der Waals surface area contributed by atoms with Gasteiger partial charge in [-0.25, -0.2) is 0 Å². The molecule has 1 saturated carbocycles. The highest BCUT2D eigenvalue weighted by Crippen LogP contribution is 2.36. The monoisotopic (exact) mass is 255 g/mol. The molecule has 1 aliphatic carbocycles. The van der Waals surface area contributed by atoms with Crippen LogP contribution >= 0.6 is 0 Å². The summed E-state index contributed by atoms with van der Waals surface area (Å²) in [4.78, 5) is 23.3. The van der Waals surface area contributed by atoms with E-state index in [-0.39, 0.29) is 24.0 Å². The van der Waals surface area contributed by atoms with Gasteiger partial charge in [-0.1, -0.05) is 26.2 Å². The number of aliphatic carboxylic acids is 1. The first-order chi connectivity index (χ1) is 8.53. The molecule has 0 bridgehead atoms. The van der Waals surface area contributed by atoms with Crippen LogP contribution in [-0.2, 0) is 14.3 Å². The lowest BCUT2D eigenvalue weighted by molar-refractivity contribution is -0.142. The molecule has 1 amide bonds. The lowest BCUT2D eigenvalue weighted by atomic mass is 9.75. The van der Waals surface area contributed by atoms with Crippen LogP contribution in [-0.4, -0.2) is 36.2 Å². The van der Waals surface area contributed by atoms with Crippen molar-refractivity contribution in [2.24, 2.45) is 11.3 Å². The van der Waals surface area contributed by atoms with E-state index in [9.17, 15) is 9.59 Å². The van der Waals surface area contributed by atoms with Gasteiger partial charge in [-0.15, -0.1) is 0 Å². The SMILES string of the molecule is CC1(C(=O)NC2COCC2C(=O)O)CCCCC1. The van der Waals surface area contributed by atoms with E-state index in [0.717, 1.165) is 25.7 Å². The van der Waals surface area contributed by atoms with Crippen LogP contribution in [0.1, 0.15) is 39.0 Å². The maximum atomic E-state index is 12.3. The molecule has 2 atom stereocenters. The number of carbonyl (C=O) groups is 2. The van der Waals surface area contributed by atoms with Gasteiger partial charge >= 0.3 is 5.97 Å². The van der Waals surface area contributed by atoms with Gasteiger partial charge in [0.1, 0.15) is 5.92 Å². The van der Waals surface area contributed by atoms with Crippen molar-refractivity contribution in [3.05, 3.63) is 0 Å². The van der Waals surface area contributed by atoms with Crippen LogP contribution in [0.4, 0.5) is 0 Å². The number of nitrogens with one attached hydrogen (secondary N) is 1. The first-order valence-corrected chi connectivity index (χ1v) is 6.64. The summed E-state index contributed by atoms with van der Waals surface area (Å²) < 4.78 is 5.16. The summed E-state index contributed by atoms with van der Waals surface area (Å²) in [5.41, 5.74) is -0.329. The molecule has 5 heteroatoms. The van der Waals surface area contributed by atoms with Gasteiger partial charge < -0.3 is 15.2 Å². The summed E-state index contributed by atoms with van der Waals surface area (Å²) >= 11 is 0. The highest BCUT2D eigenvalue weighted by molar-refractivity contribution is 5.83. The second-order valence-electron chi connectivity index (χ2n) is 5.68. The summed E-state index contributed by atoms with van der Waals surface area (Å²) in [5, 5.41) is 11.9. The van der Waals surface area contributed by atoms with E-state index in [0.29, 0.717) is 6.61 Å². The Morgan fingerprint density at radius 2 is 1.89 bits per heavy atom. The van der Waals surface area contributed by atoms with Crippen molar-refractivity contribution < 1.29 is 19.4 Å². The third-order valence-corrected chi connectivity index (χ3v) is 4.22. The zero-order valence-corrected chi connectivity index (χ0v) is 10.8. The highest BCUT2D eigenvalue weighted by Gasteiger charge is 2.40. The molecule has 1 aliphatic heterocycles. The minimum absolute atomic E-state index is 0.0102. The predicted molar refractivity (Wildman–Crippen MR) is 65.1 cm³/mol. The van der Waals surface area contributed by atoms with Crippen LogP contribution in [0.5, 0.6) is 0 Å². The van der Waals surface area contributed by atoms with Gasteiger partial charge in [-0.3, -0.25) is 9.59 Å². The molecule has 2 unspecified atom stereocenters. The number of rotatable bonds is 3. The van der Waals surface area contributed by atoms with Gasteiger partial charge in [0.05, 0.1) is 19.3 Å². The number of ether oxygens (including phenoxy) is 1. The molecule has 0 aromatic rings. The Hall–Kier alpha value is -1.10. The summed E-state index contributed by atoms with van der Waals surface area (Å²) in [7, 11) is 0. The molecular weight excluding hydrogens is 234 g/mol. The fraction of sp³-hybridized carbons (Fsp3) is 0.846. The normalized spacial score (nSPS) is 30.9. The standard InChI is InChI=1S/C13H21NO4/c1-13(5-3-2-4-6-13)12(17)14-10-8-18-7-9(10)11(15)16/h9-10H,2-8H2,1H3,(H,14,17)(H,15,16). The maximum Gasteiger partial charge on any atom is 0.311 e. The molecule has 2 rings (SSSR count). The maximum absolute atomic E-state index is 12.3. The topological polar surface area (TPSA) is 75.6 Å². The van der Waals surface area contributed by atoms with Gasteiger partial charge in [-0.05, 0) is 12.8 Å². The van der Waals surface area contributed by atoms with Crippen molar-refractivity contribution in [1.29, 1.82) is 0 Å². The van der Waals surface area contributed by atoms with Crippen LogP contribution in [0.15, 0.2) is 0 Å². The Morgan fingerprint density at radius 1 is 1.22 bits per heavy atom. The largest absolute Gasteiger partial charge is 0.481 e. The van der Waals surface area contributed by atoms with E-state index in [2.05, 4.69) is 5.32 Å².